The molecule has 0 saturated carbocycles. The maximum absolute atomic E-state index is 11.8. The van der Waals surface area contributed by atoms with E-state index in [1.807, 2.05) is 6.92 Å². The Morgan fingerprint density at radius 2 is 2.12 bits per heavy atom. The van der Waals surface area contributed by atoms with Crippen molar-refractivity contribution < 1.29 is 8.42 Å². The van der Waals surface area contributed by atoms with Crippen molar-refractivity contribution in [3.05, 3.63) is 35.9 Å². The van der Waals surface area contributed by atoms with Gasteiger partial charge in [0.25, 0.3) is 0 Å². The Labute approximate surface area is 96.2 Å². The van der Waals surface area contributed by atoms with E-state index in [1.165, 1.54) is 6.07 Å². The van der Waals surface area contributed by atoms with Crippen LogP contribution in [0.1, 0.15) is 12.5 Å². The number of rotatable bonds is 4. The second kappa shape index (κ2) is 4.67. The molecule has 16 heavy (non-hydrogen) atoms. The standard InChI is InChI=1S/C11H16N2O2S/c1-8(2)7-13-16(14,15)11-5-4-9(3)6-10(11)12/h4-6,13H,1,7,12H2,2-3H3. The third kappa shape index (κ3) is 3.08. The normalized spacial score (nSPS) is 11.4. The van der Waals surface area contributed by atoms with Gasteiger partial charge in [-0.05, 0) is 31.5 Å². The molecule has 1 aromatic rings. The second-order valence-corrected chi connectivity index (χ2v) is 5.56. The smallest absolute Gasteiger partial charge is 0.242 e. The Kier molecular flexibility index (Phi) is 3.72. The van der Waals surface area contributed by atoms with Gasteiger partial charge < -0.3 is 5.73 Å². The summed E-state index contributed by atoms with van der Waals surface area (Å²) in [7, 11) is -3.54. The molecule has 0 aliphatic carbocycles. The monoisotopic (exact) mass is 240 g/mol. The van der Waals surface area contributed by atoms with E-state index in [0.717, 1.165) is 11.1 Å². The Bertz CT molecular complexity index is 507. The summed E-state index contributed by atoms with van der Waals surface area (Å²) in [5.41, 5.74) is 7.60. The molecule has 0 atom stereocenters. The third-order valence-corrected chi connectivity index (χ3v) is 3.49. The SMILES string of the molecule is C=C(C)CNS(=O)(=O)c1ccc(C)cc1N. The molecule has 1 rings (SSSR count). The van der Waals surface area contributed by atoms with Crippen LogP contribution in [-0.4, -0.2) is 15.0 Å². The molecule has 0 heterocycles. The number of sulfonamides is 1. The predicted molar refractivity (Wildman–Crippen MR) is 65.6 cm³/mol. The molecule has 0 saturated heterocycles. The number of nitrogens with one attached hydrogen (secondary N) is 1. The third-order valence-electron chi connectivity index (χ3n) is 2.02. The van der Waals surface area contributed by atoms with Gasteiger partial charge in [0, 0.05) is 6.54 Å². The van der Waals surface area contributed by atoms with Crippen molar-refractivity contribution in [3.8, 4) is 0 Å². The molecular formula is C11H16N2O2S. The van der Waals surface area contributed by atoms with E-state index in [1.54, 1.807) is 19.1 Å². The second-order valence-electron chi connectivity index (χ2n) is 3.82. The summed E-state index contributed by atoms with van der Waals surface area (Å²) in [6.45, 7) is 7.45. The van der Waals surface area contributed by atoms with Crippen LogP contribution in [0.25, 0.3) is 0 Å². The highest BCUT2D eigenvalue weighted by Gasteiger charge is 2.16. The van der Waals surface area contributed by atoms with Crippen molar-refractivity contribution in [2.75, 3.05) is 12.3 Å². The van der Waals surface area contributed by atoms with Crippen LogP contribution in [0.2, 0.25) is 0 Å². The van der Waals surface area contributed by atoms with Gasteiger partial charge in [0.2, 0.25) is 10.0 Å². The highest BCUT2D eigenvalue weighted by Crippen LogP contribution is 2.19. The highest BCUT2D eigenvalue weighted by molar-refractivity contribution is 7.89. The lowest BCUT2D eigenvalue weighted by molar-refractivity contribution is 0.585. The molecule has 0 spiro atoms. The van der Waals surface area contributed by atoms with Gasteiger partial charge >= 0.3 is 0 Å². The number of nitrogen functional groups attached to an aromatic ring is 1. The summed E-state index contributed by atoms with van der Waals surface area (Å²) in [6.07, 6.45) is 0. The van der Waals surface area contributed by atoms with Crippen LogP contribution in [0.3, 0.4) is 0 Å². The van der Waals surface area contributed by atoms with Gasteiger partial charge in [0.1, 0.15) is 4.90 Å². The van der Waals surface area contributed by atoms with E-state index >= 15 is 0 Å². The minimum Gasteiger partial charge on any atom is -0.398 e. The zero-order valence-corrected chi connectivity index (χ0v) is 10.3. The molecule has 88 valence electrons. The Balaban J connectivity index is 3.03. The fraction of sp³-hybridized carbons (Fsp3) is 0.273. The van der Waals surface area contributed by atoms with Crippen LogP contribution in [0.4, 0.5) is 5.69 Å². The lowest BCUT2D eigenvalue weighted by atomic mass is 10.2. The molecule has 0 unspecified atom stereocenters. The summed E-state index contributed by atoms with van der Waals surface area (Å²) < 4.78 is 26.1. The first kappa shape index (κ1) is 12.7. The largest absolute Gasteiger partial charge is 0.398 e. The van der Waals surface area contributed by atoms with E-state index in [0.29, 0.717) is 0 Å². The number of hydrogen-bond donors (Lipinski definition) is 2. The van der Waals surface area contributed by atoms with Crippen LogP contribution in [-0.2, 0) is 10.0 Å². The molecule has 1 aromatic carbocycles. The van der Waals surface area contributed by atoms with E-state index in [2.05, 4.69) is 11.3 Å². The maximum atomic E-state index is 11.8. The first-order valence-electron chi connectivity index (χ1n) is 4.83. The summed E-state index contributed by atoms with van der Waals surface area (Å²) in [4.78, 5) is 0.111. The summed E-state index contributed by atoms with van der Waals surface area (Å²) in [5, 5.41) is 0. The van der Waals surface area contributed by atoms with E-state index in [4.69, 9.17) is 5.73 Å². The first-order chi connectivity index (χ1) is 7.33. The van der Waals surface area contributed by atoms with Crippen LogP contribution in [0.5, 0.6) is 0 Å². The van der Waals surface area contributed by atoms with E-state index in [9.17, 15) is 8.42 Å². The van der Waals surface area contributed by atoms with E-state index < -0.39 is 10.0 Å². The molecule has 0 aromatic heterocycles. The molecule has 0 amide bonds. The average Bonchev–Trinajstić information content (AvgIpc) is 2.14. The molecule has 3 N–H and O–H groups in total. The maximum Gasteiger partial charge on any atom is 0.242 e. The first-order valence-corrected chi connectivity index (χ1v) is 6.31. The van der Waals surface area contributed by atoms with Crippen LogP contribution < -0.4 is 10.5 Å². The van der Waals surface area contributed by atoms with Gasteiger partial charge in [0.15, 0.2) is 0 Å². The quantitative estimate of drug-likeness (QED) is 0.617. The Morgan fingerprint density at radius 3 is 2.62 bits per heavy atom. The Hall–Kier alpha value is -1.33. The minimum atomic E-state index is -3.54. The van der Waals surface area contributed by atoms with Gasteiger partial charge in [-0.3, -0.25) is 0 Å². The molecule has 0 bridgehead atoms. The average molecular weight is 240 g/mol. The molecule has 5 heteroatoms. The predicted octanol–water partition coefficient (Wildman–Crippen LogP) is 1.43. The minimum absolute atomic E-state index is 0.111. The van der Waals surface area contributed by atoms with Crippen molar-refractivity contribution in [1.82, 2.24) is 4.72 Å². The van der Waals surface area contributed by atoms with Crippen LogP contribution >= 0.6 is 0 Å². The number of hydrogen-bond acceptors (Lipinski definition) is 3. The summed E-state index contributed by atoms with van der Waals surface area (Å²) >= 11 is 0. The van der Waals surface area contributed by atoms with Crippen LogP contribution in [0.15, 0.2) is 35.2 Å². The molecule has 4 nitrogen and oxygen atoms in total. The van der Waals surface area contributed by atoms with Crippen LogP contribution in [0, 0.1) is 6.92 Å². The van der Waals surface area contributed by atoms with Crippen molar-refractivity contribution >= 4 is 15.7 Å². The van der Waals surface area contributed by atoms with Crippen molar-refractivity contribution in [2.45, 2.75) is 18.7 Å². The lowest BCUT2D eigenvalue weighted by Gasteiger charge is -2.09. The van der Waals surface area contributed by atoms with Gasteiger partial charge in [0.05, 0.1) is 5.69 Å². The zero-order valence-electron chi connectivity index (χ0n) is 9.45. The van der Waals surface area contributed by atoms with Gasteiger partial charge in [-0.15, -0.1) is 0 Å². The number of anilines is 1. The summed E-state index contributed by atoms with van der Waals surface area (Å²) in [6, 6.07) is 4.85. The number of aryl methyl sites for hydroxylation is 1. The highest BCUT2D eigenvalue weighted by atomic mass is 32.2. The van der Waals surface area contributed by atoms with Gasteiger partial charge in [-0.25, -0.2) is 13.1 Å². The lowest BCUT2D eigenvalue weighted by Crippen LogP contribution is -2.26. The number of benzene rings is 1. The fourth-order valence-corrected chi connectivity index (χ4v) is 2.42. The molecule has 0 aliphatic rings. The fourth-order valence-electron chi connectivity index (χ4n) is 1.21. The molecule has 0 aliphatic heterocycles. The molecule has 0 radical (unpaired) electrons. The van der Waals surface area contributed by atoms with Gasteiger partial charge in [-0.1, -0.05) is 18.2 Å². The van der Waals surface area contributed by atoms with Crippen molar-refractivity contribution in [3.63, 3.8) is 0 Å². The molecular weight excluding hydrogens is 224 g/mol. The number of nitrogens with two attached hydrogens (primary N) is 1. The van der Waals surface area contributed by atoms with E-state index in [-0.39, 0.29) is 17.1 Å². The van der Waals surface area contributed by atoms with Gasteiger partial charge in [-0.2, -0.15) is 0 Å². The molecule has 0 fully saturated rings. The topological polar surface area (TPSA) is 72.2 Å². The Morgan fingerprint density at radius 1 is 1.50 bits per heavy atom. The zero-order chi connectivity index (χ0) is 12.3. The summed E-state index contributed by atoms with van der Waals surface area (Å²) in [5.74, 6) is 0. The van der Waals surface area contributed by atoms with Crippen molar-refractivity contribution in [2.24, 2.45) is 0 Å². The van der Waals surface area contributed by atoms with Crippen molar-refractivity contribution in [1.29, 1.82) is 0 Å².